The second-order valence-electron chi connectivity index (χ2n) is 5.78. The van der Waals surface area contributed by atoms with Gasteiger partial charge >= 0.3 is 0 Å². The Morgan fingerprint density at radius 2 is 2.00 bits per heavy atom. The summed E-state index contributed by atoms with van der Waals surface area (Å²) in [4.78, 5) is 24.1. The first-order valence-corrected chi connectivity index (χ1v) is 9.16. The van der Waals surface area contributed by atoms with Crippen LogP contribution in [0, 0.1) is 0 Å². The molecule has 1 aliphatic rings. The van der Waals surface area contributed by atoms with E-state index in [1.54, 1.807) is 18.0 Å². The van der Waals surface area contributed by atoms with Gasteiger partial charge in [0.25, 0.3) is 5.91 Å². The van der Waals surface area contributed by atoms with E-state index < -0.39 is 0 Å². The summed E-state index contributed by atoms with van der Waals surface area (Å²) in [6, 6.07) is 13.2. The van der Waals surface area contributed by atoms with Crippen molar-refractivity contribution >= 4 is 17.7 Å². The zero-order valence-electron chi connectivity index (χ0n) is 13.6. The van der Waals surface area contributed by atoms with Crippen molar-refractivity contribution < 1.29 is 9.32 Å². The van der Waals surface area contributed by atoms with Gasteiger partial charge in [0.2, 0.25) is 11.7 Å². The van der Waals surface area contributed by atoms with E-state index in [1.807, 2.05) is 53.6 Å². The van der Waals surface area contributed by atoms with Gasteiger partial charge < -0.3 is 9.42 Å². The van der Waals surface area contributed by atoms with E-state index in [9.17, 15) is 4.79 Å². The van der Waals surface area contributed by atoms with Crippen molar-refractivity contribution in [1.82, 2.24) is 20.0 Å². The average molecular weight is 352 g/mol. The van der Waals surface area contributed by atoms with Gasteiger partial charge in [-0.05, 0) is 30.5 Å². The van der Waals surface area contributed by atoms with Gasteiger partial charge in [-0.1, -0.05) is 23.4 Å². The molecule has 0 atom stereocenters. The molecule has 1 aliphatic heterocycles. The molecule has 0 spiro atoms. The Morgan fingerprint density at radius 1 is 1.20 bits per heavy atom. The van der Waals surface area contributed by atoms with Crippen molar-refractivity contribution in [2.45, 2.75) is 10.8 Å². The van der Waals surface area contributed by atoms with Gasteiger partial charge in [-0.2, -0.15) is 4.98 Å². The summed E-state index contributed by atoms with van der Waals surface area (Å²) in [5.74, 6) is 1.16. The van der Waals surface area contributed by atoms with Crippen LogP contribution in [0.15, 0.2) is 58.1 Å². The number of thioether (sulfide) groups is 1. The Kier molecular flexibility index (Phi) is 4.23. The molecule has 1 saturated heterocycles. The van der Waals surface area contributed by atoms with Crippen LogP contribution in [0.2, 0.25) is 0 Å². The van der Waals surface area contributed by atoms with Crippen molar-refractivity contribution in [2.75, 3.05) is 19.3 Å². The Bertz CT molecular complexity index is 891. The van der Waals surface area contributed by atoms with E-state index in [0.29, 0.717) is 30.5 Å². The highest BCUT2D eigenvalue weighted by Crippen LogP contribution is 2.30. The van der Waals surface area contributed by atoms with E-state index in [2.05, 4.69) is 15.1 Å². The lowest BCUT2D eigenvalue weighted by Gasteiger charge is -2.37. The summed E-state index contributed by atoms with van der Waals surface area (Å²) in [6.07, 6.45) is 3.67. The van der Waals surface area contributed by atoms with Crippen LogP contribution in [0.3, 0.4) is 0 Å². The molecule has 1 fully saturated rings. The maximum absolute atomic E-state index is 12.6. The minimum Gasteiger partial charge on any atom is -0.338 e. The van der Waals surface area contributed by atoms with Crippen LogP contribution in [0.4, 0.5) is 0 Å². The number of pyridine rings is 1. The number of hydrogen-bond acceptors (Lipinski definition) is 6. The predicted molar refractivity (Wildman–Crippen MR) is 94.4 cm³/mol. The first-order valence-electron chi connectivity index (χ1n) is 7.93. The minimum atomic E-state index is 0.0469. The van der Waals surface area contributed by atoms with Gasteiger partial charge in [-0.25, -0.2) is 0 Å². The second kappa shape index (κ2) is 6.68. The normalized spacial score (nSPS) is 14.4. The van der Waals surface area contributed by atoms with E-state index in [-0.39, 0.29) is 11.8 Å². The lowest BCUT2D eigenvalue weighted by Crippen LogP contribution is -2.48. The number of rotatable bonds is 4. The third-order valence-corrected chi connectivity index (χ3v) is 4.99. The monoisotopic (exact) mass is 352 g/mol. The number of aromatic nitrogens is 3. The Labute approximate surface area is 149 Å². The standard InChI is InChI=1S/C18H16N4O2S/c1-25-15-8-3-2-6-13(15)18(23)22-10-12(11-22)17-20-16(21-24-17)14-7-4-5-9-19-14/h2-9,12H,10-11H2,1H3. The molecule has 1 amide bonds. The summed E-state index contributed by atoms with van der Waals surface area (Å²) in [5.41, 5.74) is 1.42. The molecular formula is C18H16N4O2S. The number of carbonyl (C=O) groups excluding carboxylic acids is 1. The molecule has 2 aromatic heterocycles. The smallest absolute Gasteiger partial charge is 0.255 e. The summed E-state index contributed by atoms with van der Waals surface area (Å²) in [5, 5.41) is 3.99. The number of hydrogen-bond donors (Lipinski definition) is 0. The highest BCUT2D eigenvalue weighted by Gasteiger charge is 2.36. The largest absolute Gasteiger partial charge is 0.338 e. The van der Waals surface area contributed by atoms with Crippen LogP contribution in [0.1, 0.15) is 22.2 Å². The molecule has 1 aromatic carbocycles. The van der Waals surface area contributed by atoms with Crippen LogP contribution in [0.5, 0.6) is 0 Å². The van der Waals surface area contributed by atoms with Gasteiger partial charge in [-0.15, -0.1) is 11.8 Å². The molecule has 0 unspecified atom stereocenters. The Morgan fingerprint density at radius 3 is 2.76 bits per heavy atom. The van der Waals surface area contributed by atoms with Crippen LogP contribution in [-0.4, -0.2) is 45.3 Å². The van der Waals surface area contributed by atoms with E-state index in [0.717, 1.165) is 10.5 Å². The summed E-state index contributed by atoms with van der Waals surface area (Å²) in [7, 11) is 0. The molecule has 0 N–H and O–H groups in total. The van der Waals surface area contributed by atoms with Crippen LogP contribution in [0.25, 0.3) is 11.5 Å². The topological polar surface area (TPSA) is 72.1 Å². The van der Waals surface area contributed by atoms with Crippen molar-refractivity contribution in [2.24, 2.45) is 0 Å². The number of amides is 1. The second-order valence-corrected chi connectivity index (χ2v) is 6.63. The molecule has 7 heteroatoms. The van der Waals surface area contributed by atoms with E-state index >= 15 is 0 Å². The summed E-state index contributed by atoms with van der Waals surface area (Å²) >= 11 is 1.58. The molecule has 3 aromatic rings. The van der Waals surface area contributed by atoms with Gasteiger partial charge in [0, 0.05) is 24.2 Å². The van der Waals surface area contributed by atoms with Gasteiger partial charge in [-0.3, -0.25) is 9.78 Å². The number of likely N-dealkylation sites (tertiary alicyclic amines) is 1. The molecule has 0 radical (unpaired) electrons. The molecule has 0 bridgehead atoms. The fraction of sp³-hybridized carbons (Fsp3) is 0.222. The van der Waals surface area contributed by atoms with Crippen molar-refractivity contribution in [3.8, 4) is 11.5 Å². The van der Waals surface area contributed by atoms with Crippen LogP contribution in [-0.2, 0) is 0 Å². The zero-order valence-corrected chi connectivity index (χ0v) is 14.4. The lowest BCUT2D eigenvalue weighted by atomic mass is 9.98. The average Bonchev–Trinajstić information content (AvgIpc) is 3.10. The number of benzene rings is 1. The number of carbonyl (C=O) groups is 1. The highest BCUT2D eigenvalue weighted by atomic mass is 32.2. The summed E-state index contributed by atoms with van der Waals surface area (Å²) in [6.45, 7) is 1.18. The van der Waals surface area contributed by atoms with E-state index in [4.69, 9.17) is 4.52 Å². The third-order valence-electron chi connectivity index (χ3n) is 4.19. The van der Waals surface area contributed by atoms with Crippen LogP contribution < -0.4 is 0 Å². The lowest BCUT2D eigenvalue weighted by molar-refractivity contribution is 0.0565. The van der Waals surface area contributed by atoms with Crippen molar-refractivity contribution in [3.63, 3.8) is 0 Å². The molecule has 0 saturated carbocycles. The first kappa shape index (κ1) is 15.8. The third kappa shape index (κ3) is 3.02. The highest BCUT2D eigenvalue weighted by molar-refractivity contribution is 7.98. The molecule has 126 valence electrons. The first-order chi connectivity index (χ1) is 12.3. The molecule has 4 rings (SSSR count). The van der Waals surface area contributed by atoms with Gasteiger partial charge in [0.05, 0.1) is 11.5 Å². The predicted octanol–water partition coefficient (Wildman–Crippen LogP) is 3.09. The SMILES string of the molecule is CSc1ccccc1C(=O)N1CC(c2nc(-c3ccccn3)no2)C1. The zero-order chi connectivity index (χ0) is 17.2. The van der Waals surface area contributed by atoms with Gasteiger partial charge in [0.1, 0.15) is 5.69 Å². The fourth-order valence-electron chi connectivity index (χ4n) is 2.79. The van der Waals surface area contributed by atoms with E-state index in [1.165, 1.54) is 0 Å². The molecule has 25 heavy (non-hydrogen) atoms. The van der Waals surface area contributed by atoms with Gasteiger partial charge in [0.15, 0.2) is 0 Å². The van der Waals surface area contributed by atoms with Crippen molar-refractivity contribution in [3.05, 3.63) is 60.1 Å². The Hall–Kier alpha value is -2.67. The van der Waals surface area contributed by atoms with Crippen LogP contribution >= 0.6 is 11.8 Å². The quantitative estimate of drug-likeness (QED) is 0.672. The summed E-state index contributed by atoms with van der Waals surface area (Å²) < 4.78 is 5.36. The molecule has 0 aliphatic carbocycles. The fourth-order valence-corrected chi connectivity index (χ4v) is 3.38. The number of nitrogens with zero attached hydrogens (tertiary/aromatic N) is 4. The molecule has 3 heterocycles. The minimum absolute atomic E-state index is 0.0469. The molecule has 6 nitrogen and oxygen atoms in total. The molecular weight excluding hydrogens is 336 g/mol. The maximum atomic E-state index is 12.6. The Balaban J connectivity index is 1.44. The maximum Gasteiger partial charge on any atom is 0.255 e. The van der Waals surface area contributed by atoms with Crippen molar-refractivity contribution in [1.29, 1.82) is 0 Å².